The van der Waals surface area contributed by atoms with Gasteiger partial charge in [-0.15, -0.1) is 6.58 Å². The number of hydrogen-bond acceptors (Lipinski definition) is 7. The van der Waals surface area contributed by atoms with E-state index in [1.807, 2.05) is 33.0 Å². The third kappa shape index (κ3) is 20.5. The van der Waals surface area contributed by atoms with Crippen LogP contribution in [0, 0.1) is 5.92 Å². The maximum atomic E-state index is 11.9. The van der Waals surface area contributed by atoms with E-state index in [9.17, 15) is 14.0 Å². The molecule has 0 aromatic carbocycles. The summed E-state index contributed by atoms with van der Waals surface area (Å²) in [5.41, 5.74) is 1.05. The van der Waals surface area contributed by atoms with E-state index in [2.05, 4.69) is 21.9 Å². The zero-order chi connectivity index (χ0) is 25.4. The van der Waals surface area contributed by atoms with Crippen LogP contribution in [0.1, 0.15) is 20.8 Å². The quantitative estimate of drug-likeness (QED) is 0.0746. The monoisotopic (exact) mass is 456 g/mol. The molecule has 0 saturated heterocycles. The van der Waals surface area contributed by atoms with Crippen LogP contribution in [0.25, 0.3) is 0 Å². The van der Waals surface area contributed by atoms with Gasteiger partial charge in [0.25, 0.3) is 5.91 Å². The van der Waals surface area contributed by atoms with Crippen molar-refractivity contribution in [2.75, 3.05) is 48.1 Å². The average molecular weight is 457 g/mol. The smallest absolute Gasteiger partial charge is 0.264 e. The Kier molecular flexibility index (Phi) is 26.0. The number of aldehydes is 1. The number of hydrogen-bond donors (Lipinski definition) is 3. The SMILES string of the molecule is C=CC(C=C/C=C/F)CNC/C(C)=C/NCN(C)N(C)C(=O)/C=C(\O)C=O.CC.COC. The Morgan fingerprint density at radius 3 is 2.34 bits per heavy atom. The van der Waals surface area contributed by atoms with Crippen molar-refractivity contribution < 1.29 is 23.8 Å². The van der Waals surface area contributed by atoms with Crippen LogP contribution in [0.4, 0.5) is 4.39 Å². The number of aliphatic hydroxyl groups is 1. The molecule has 0 heterocycles. The Morgan fingerprint density at radius 1 is 1.25 bits per heavy atom. The molecule has 3 N–H and O–H groups in total. The largest absolute Gasteiger partial charge is 0.504 e. The number of aliphatic hydroxyl groups excluding tert-OH is 1. The second kappa shape index (κ2) is 24.5. The lowest BCUT2D eigenvalue weighted by atomic mass is 10.1. The topological polar surface area (TPSA) is 94.1 Å². The normalized spacial score (nSPS) is 12.5. The highest BCUT2D eigenvalue weighted by atomic mass is 19.1. The molecule has 0 aliphatic heterocycles. The van der Waals surface area contributed by atoms with E-state index in [1.54, 1.807) is 38.4 Å². The van der Waals surface area contributed by atoms with Crippen molar-refractivity contribution in [3.63, 3.8) is 0 Å². The Morgan fingerprint density at radius 2 is 1.84 bits per heavy atom. The molecule has 0 bridgehead atoms. The first-order valence-corrected chi connectivity index (χ1v) is 10.2. The van der Waals surface area contributed by atoms with Gasteiger partial charge in [-0.25, -0.2) is 9.40 Å². The van der Waals surface area contributed by atoms with Crippen molar-refractivity contribution in [2.24, 2.45) is 5.92 Å². The van der Waals surface area contributed by atoms with E-state index >= 15 is 0 Å². The van der Waals surface area contributed by atoms with Gasteiger partial charge in [-0.2, -0.15) is 0 Å². The minimum Gasteiger partial charge on any atom is -0.504 e. The van der Waals surface area contributed by atoms with E-state index in [4.69, 9.17) is 5.11 Å². The maximum absolute atomic E-state index is 11.9. The van der Waals surface area contributed by atoms with Crippen LogP contribution in [0.2, 0.25) is 0 Å². The Labute approximate surface area is 192 Å². The molecule has 0 aromatic rings. The van der Waals surface area contributed by atoms with Gasteiger partial charge in [0.15, 0.2) is 12.0 Å². The molecule has 0 spiro atoms. The standard InChI is InChI=1S/C19H29FN4O3.C2H6O.C2H6/c1-5-17(8-6-7-9-20)13-21-11-16(2)12-22-15-23(3)24(4)19(27)10-18(26)14-25;1-3-2;1-2/h5-10,12,14,17,21-22,26H,1,11,13,15H2,2-4H3;1-2H3;1-2H3/b8-6?,9-7+,16-12+,18-10-;;. The van der Waals surface area contributed by atoms with Gasteiger partial charge < -0.3 is 20.5 Å². The lowest BCUT2D eigenvalue weighted by molar-refractivity contribution is -0.138. The lowest BCUT2D eigenvalue weighted by Crippen LogP contribution is -2.44. The molecular weight excluding hydrogens is 415 g/mol. The zero-order valence-corrected chi connectivity index (χ0v) is 20.5. The summed E-state index contributed by atoms with van der Waals surface area (Å²) in [6.07, 6.45) is 9.94. The van der Waals surface area contributed by atoms with E-state index < -0.39 is 11.7 Å². The summed E-state index contributed by atoms with van der Waals surface area (Å²) < 4.78 is 16.2. The highest BCUT2D eigenvalue weighted by Gasteiger charge is 2.11. The number of nitrogens with one attached hydrogen (secondary N) is 2. The number of allylic oxidation sites excluding steroid dienone is 3. The van der Waals surface area contributed by atoms with Crippen LogP contribution >= 0.6 is 0 Å². The molecule has 1 atom stereocenters. The summed E-state index contributed by atoms with van der Waals surface area (Å²) in [5, 5.41) is 18.3. The molecule has 9 heteroatoms. The number of ether oxygens (including phenoxy) is 1. The van der Waals surface area contributed by atoms with Crippen LogP contribution in [0.15, 0.2) is 60.8 Å². The fourth-order valence-electron chi connectivity index (χ4n) is 1.85. The van der Waals surface area contributed by atoms with Gasteiger partial charge in [-0.1, -0.05) is 32.1 Å². The minimum absolute atomic E-state index is 0.101. The van der Waals surface area contributed by atoms with Gasteiger partial charge in [-0.3, -0.25) is 14.6 Å². The van der Waals surface area contributed by atoms with Crippen LogP contribution in [-0.2, 0) is 14.3 Å². The zero-order valence-electron chi connectivity index (χ0n) is 20.5. The third-order valence-corrected chi connectivity index (χ3v) is 3.52. The fourth-order valence-corrected chi connectivity index (χ4v) is 1.85. The van der Waals surface area contributed by atoms with Crippen molar-refractivity contribution in [1.29, 1.82) is 0 Å². The van der Waals surface area contributed by atoms with Crippen molar-refractivity contribution in [3.8, 4) is 0 Å². The number of likely N-dealkylation sites (N-methyl/N-ethyl adjacent to an activating group) is 1. The lowest BCUT2D eigenvalue weighted by Gasteiger charge is -2.27. The Balaban J connectivity index is -0.00000154. The molecule has 32 heavy (non-hydrogen) atoms. The minimum atomic E-state index is -0.622. The van der Waals surface area contributed by atoms with E-state index in [0.29, 0.717) is 26.1 Å². The summed E-state index contributed by atoms with van der Waals surface area (Å²) in [6, 6.07) is 0. The molecule has 1 unspecified atom stereocenters. The Hall–Kier alpha value is -2.75. The van der Waals surface area contributed by atoms with E-state index in [-0.39, 0.29) is 12.2 Å². The molecule has 0 fully saturated rings. The first kappa shape index (κ1) is 33.9. The van der Waals surface area contributed by atoms with Crippen LogP contribution in [0.3, 0.4) is 0 Å². The summed E-state index contributed by atoms with van der Waals surface area (Å²) in [4.78, 5) is 22.1. The molecular formula is C23H41FN4O4. The molecule has 1 amide bonds. The molecule has 0 aliphatic rings. The van der Waals surface area contributed by atoms with Crippen molar-refractivity contribution in [2.45, 2.75) is 20.8 Å². The van der Waals surface area contributed by atoms with Crippen molar-refractivity contribution >= 4 is 12.2 Å². The Bertz CT molecular complexity index is 619. The number of rotatable bonds is 13. The molecule has 0 rings (SSSR count). The van der Waals surface area contributed by atoms with Gasteiger partial charge in [0.2, 0.25) is 0 Å². The molecule has 0 aromatic heterocycles. The summed E-state index contributed by atoms with van der Waals surface area (Å²) in [7, 11) is 6.46. The highest BCUT2D eigenvalue weighted by molar-refractivity contribution is 5.91. The second-order valence-corrected chi connectivity index (χ2v) is 6.20. The summed E-state index contributed by atoms with van der Waals surface area (Å²) in [6.45, 7) is 11.4. The first-order valence-electron chi connectivity index (χ1n) is 10.2. The van der Waals surface area contributed by atoms with E-state index in [1.165, 1.54) is 18.1 Å². The maximum Gasteiger partial charge on any atom is 0.264 e. The number of amides is 1. The van der Waals surface area contributed by atoms with Gasteiger partial charge in [0.1, 0.15) is 0 Å². The first-order chi connectivity index (χ1) is 15.3. The third-order valence-electron chi connectivity index (χ3n) is 3.52. The van der Waals surface area contributed by atoms with Crippen molar-refractivity contribution in [1.82, 2.24) is 20.7 Å². The fraction of sp³-hybridized carbons (Fsp3) is 0.478. The summed E-state index contributed by atoms with van der Waals surface area (Å²) >= 11 is 0. The van der Waals surface area contributed by atoms with Gasteiger partial charge >= 0.3 is 0 Å². The molecule has 0 aliphatic carbocycles. The highest BCUT2D eigenvalue weighted by Crippen LogP contribution is 2.00. The predicted octanol–water partition coefficient (Wildman–Crippen LogP) is 3.10. The van der Waals surface area contributed by atoms with Crippen molar-refractivity contribution in [3.05, 3.63) is 60.8 Å². The number of nitrogens with zero attached hydrogens (tertiary/aromatic N) is 2. The molecule has 0 saturated carbocycles. The average Bonchev–Trinajstić information content (AvgIpc) is 2.79. The molecule has 8 nitrogen and oxygen atoms in total. The predicted molar refractivity (Wildman–Crippen MR) is 129 cm³/mol. The number of halogens is 1. The summed E-state index contributed by atoms with van der Waals surface area (Å²) in [5.74, 6) is -1.04. The van der Waals surface area contributed by atoms with Gasteiger partial charge in [0, 0.05) is 53.4 Å². The van der Waals surface area contributed by atoms with Crippen LogP contribution in [0.5, 0.6) is 0 Å². The van der Waals surface area contributed by atoms with Crippen LogP contribution < -0.4 is 10.6 Å². The van der Waals surface area contributed by atoms with Gasteiger partial charge in [-0.05, 0) is 24.8 Å². The number of carbonyl (C=O) groups excluding carboxylic acids is 2. The number of carbonyl (C=O) groups is 2. The van der Waals surface area contributed by atoms with E-state index in [0.717, 1.165) is 11.6 Å². The number of methoxy groups -OCH3 is 1. The molecule has 184 valence electrons. The van der Waals surface area contributed by atoms with Gasteiger partial charge in [0.05, 0.1) is 13.0 Å². The van der Waals surface area contributed by atoms with Crippen LogP contribution in [-0.4, -0.2) is 75.4 Å². The second-order valence-electron chi connectivity index (χ2n) is 6.20. The molecule has 0 radical (unpaired) electrons. The number of hydrazine groups is 1.